The first-order valence-electron chi connectivity index (χ1n) is 31.5. The van der Waals surface area contributed by atoms with Gasteiger partial charge in [-0.3, -0.25) is 52.7 Å². The van der Waals surface area contributed by atoms with Crippen LogP contribution in [0, 0.1) is 0 Å². The van der Waals surface area contributed by atoms with Gasteiger partial charge in [-0.15, -0.1) is 0 Å². The summed E-state index contributed by atoms with van der Waals surface area (Å²) in [7, 11) is -5.13. The summed E-state index contributed by atoms with van der Waals surface area (Å²) in [6.45, 7) is 5.55. The van der Waals surface area contributed by atoms with Gasteiger partial charge in [-0.1, -0.05) is 168 Å². The van der Waals surface area contributed by atoms with Crippen LogP contribution in [0.5, 0.6) is 0 Å². The van der Waals surface area contributed by atoms with Crippen molar-refractivity contribution in [1.29, 1.82) is 0 Å². The standard InChI is InChI=1S/C59H109N6O19P/c1-7-9-11-13-15-17-19-21-23-25-27-29-31-33-50(69)79-40-46(83-51(70)34-32-30-28-26-24-22-20-18-16-14-12-10-8-2)41-81-85(77,78)80-38-37-65(43(4)56(73)64-57(74)47(35-36-49(61)68)63-55(72)42(3)60)58(75)44(5)82-54-52(62-45(6)67)59(76)84-48(39-66)53(54)71/h42-44,46-48,52-54,59,66,71,76H,7-41,60H2,1-6H3,(H2,61,68)(H,62,67)(H,63,72)(H,77,78)(H,64,73,74). The molecule has 1 heterocycles. The number of hydrogen-bond acceptors (Lipinski definition) is 19. The third-order valence-corrected chi connectivity index (χ3v) is 15.7. The third-order valence-electron chi connectivity index (χ3n) is 14.8. The van der Waals surface area contributed by atoms with Crippen LogP contribution in [-0.4, -0.2) is 166 Å². The van der Waals surface area contributed by atoms with Crippen molar-refractivity contribution in [1.82, 2.24) is 20.9 Å². The molecule has 494 valence electrons. The van der Waals surface area contributed by atoms with Crippen LogP contribution in [0.2, 0.25) is 0 Å². The van der Waals surface area contributed by atoms with Gasteiger partial charge in [0.1, 0.15) is 49.1 Å². The summed E-state index contributed by atoms with van der Waals surface area (Å²) < 4.78 is 46.2. The Morgan fingerprint density at radius 3 is 1.60 bits per heavy atom. The number of esters is 2. The van der Waals surface area contributed by atoms with Gasteiger partial charge in [-0.05, 0) is 40.0 Å². The zero-order valence-electron chi connectivity index (χ0n) is 52.0. The normalized spacial score (nSPS) is 19.3. The molecule has 0 aromatic rings. The first-order valence-corrected chi connectivity index (χ1v) is 33.0. The average Bonchev–Trinajstić information content (AvgIpc) is 3.53. The van der Waals surface area contributed by atoms with Crippen LogP contribution >= 0.6 is 7.82 Å². The molecule has 11 atom stereocenters. The van der Waals surface area contributed by atoms with E-state index in [4.69, 9.17) is 39.5 Å². The smallest absolute Gasteiger partial charge is 0.462 e. The number of aliphatic hydroxyl groups excluding tert-OH is 3. The fraction of sp³-hybridized carbons (Fsp3) is 0.864. The molecule has 0 radical (unpaired) electrons. The van der Waals surface area contributed by atoms with E-state index >= 15 is 0 Å². The maximum absolute atomic E-state index is 14.3. The van der Waals surface area contributed by atoms with Crippen molar-refractivity contribution in [2.75, 3.05) is 33.0 Å². The molecular formula is C59H109N6O19P. The van der Waals surface area contributed by atoms with Gasteiger partial charge in [0.25, 0.3) is 5.91 Å². The Morgan fingerprint density at radius 1 is 0.659 bits per heavy atom. The topological polar surface area (TPSA) is 381 Å². The number of nitrogens with two attached hydrogens (primary N) is 2. The predicted molar refractivity (Wildman–Crippen MR) is 317 cm³/mol. The van der Waals surface area contributed by atoms with Crippen molar-refractivity contribution in [3.05, 3.63) is 0 Å². The lowest BCUT2D eigenvalue weighted by atomic mass is 9.96. The first kappa shape index (κ1) is 78.8. The highest BCUT2D eigenvalue weighted by Gasteiger charge is 2.47. The molecule has 0 aromatic heterocycles. The monoisotopic (exact) mass is 1240 g/mol. The quantitative estimate of drug-likeness (QED) is 0.0196. The van der Waals surface area contributed by atoms with Crippen molar-refractivity contribution < 1.29 is 91.1 Å². The number of phosphoric acid groups is 1. The van der Waals surface area contributed by atoms with Gasteiger partial charge in [0.15, 0.2) is 12.4 Å². The first-order chi connectivity index (χ1) is 40.5. The van der Waals surface area contributed by atoms with Crippen LogP contribution in [0.25, 0.3) is 0 Å². The lowest BCUT2D eigenvalue weighted by Crippen LogP contribution is -2.66. The lowest BCUT2D eigenvalue weighted by Gasteiger charge is -2.43. The molecule has 85 heavy (non-hydrogen) atoms. The molecule has 1 aliphatic rings. The molecule has 1 rings (SSSR count). The Balaban J connectivity index is 3.19. The van der Waals surface area contributed by atoms with Gasteiger partial charge in [0, 0.05) is 32.7 Å². The van der Waals surface area contributed by atoms with Crippen molar-refractivity contribution in [2.24, 2.45) is 11.5 Å². The summed E-state index contributed by atoms with van der Waals surface area (Å²) in [5.74, 6) is -6.88. The van der Waals surface area contributed by atoms with Gasteiger partial charge in [-0.2, -0.15) is 0 Å². The highest BCUT2D eigenvalue weighted by molar-refractivity contribution is 7.47. The number of primary amides is 1. The molecule has 0 spiro atoms. The zero-order valence-corrected chi connectivity index (χ0v) is 52.9. The fourth-order valence-corrected chi connectivity index (χ4v) is 10.4. The van der Waals surface area contributed by atoms with Gasteiger partial charge < -0.3 is 66.2 Å². The maximum atomic E-state index is 14.3. The summed E-state index contributed by atoms with van der Waals surface area (Å²) in [6, 6.07) is -5.76. The molecule has 0 saturated carbocycles. The second-order valence-corrected chi connectivity index (χ2v) is 24.0. The molecule has 11 N–H and O–H groups in total. The molecule has 1 saturated heterocycles. The highest BCUT2D eigenvalue weighted by atomic mass is 31.2. The Labute approximate surface area is 505 Å². The molecular weight excluding hydrogens is 1130 g/mol. The second kappa shape index (κ2) is 46.9. The number of ether oxygens (including phenoxy) is 4. The number of unbranched alkanes of at least 4 members (excludes halogenated alkanes) is 24. The minimum absolute atomic E-state index is 0.0390. The Kier molecular flexibility index (Phi) is 43.5. The fourth-order valence-electron chi connectivity index (χ4n) is 9.63. The lowest BCUT2D eigenvalue weighted by molar-refractivity contribution is -0.267. The van der Waals surface area contributed by atoms with E-state index in [9.17, 15) is 63.1 Å². The molecule has 11 unspecified atom stereocenters. The summed E-state index contributed by atoms with van der Waals surface area (Å²) >= 11 is 0. The van der Waals surface area contributed by atoms with Crippen LogP contribution in [0.15, 0.2) is 0 Å². The number of nitrogens with zero attached hydrogens (tertiary/aromatic N) is 1. The molecule has 1 fully saturated rings. The number of phosphoric ester groups is 1. The van der Waals surface area contributed by atoms with Crippen LogP contribution in [0.3, 0.4) is 0 Å². The average molecular weight is 1240 g/mol. The van der Waals surface area contributed by atoms with Crippen molar-refractivity contribution >= 4 is 55.2 Å². The summed E-state index contributed by atoms with van der Waals surface area (Å²) in [4.78, 5) is 115. The van der Waals surface area contributed by atoms with Gasteiger partial charge in [0.2, 0.25) is 29.5 Å². The number of hydrogen-bond donors (Lipinski definition) is 9. The van der Waals surface area contributed by atoms with E-state index in [0.29, 0.717) is 12.8 Å². The number of carbonyl (C=O) groups is 8. The Morgan fingerprint density at radius 2 is 1.14 bits per heavy atom. The van der Waals surface area contributed by atoms with Gasteiger partial charge in [-0.25, -0.2) is 4.57 Å². The minimum atomic E-state index is -5.13. The molecule has 0 aliphatic carbocycles. The van der Waals surface area contributed by atoms with E-state index in [2.05, 4.69) is 29.8 Å². The van der Waals surface area contributed by atoms with Gasteiger partial charge >= 0.3 is 19.8 Å². The summed E-state index contributed by atoms with van der Waals surface area (Å²) in [6.07, 6.45) is 18.8. The number of aliphatic hydroxyl groups is 3. The molecule has 0 aromatic carbocycles. The number of imide groups is 1. The summed E-state index contributed by atoms with van der Waals surface area (Å²) in [5, 5.41) is 38.3. The van der Waals surface area contributed by atoms with E-state index in [1.54, 1.807) is 0 Å². The van der Waals surface area contributed by atoms with E-state index in [0.717, 1.165) is 70.1 Å². The van der Waals surface area contributed by atoms with Crippen molar-refractivity contribution in [3.8, 4) is 0 Å². The van der Waals surface area contributed by atoms with Crippen LogP contribution in [0.4, 0.5) is 0 Å². The van der Waals surface area contributed by atoms with Crippen LogP contribution in [-0.2, 0) is 70.9 Å². The highest BCUT2D eigenvalue weighted by Crippen LogP contribution is 2.43. The number of nitrogens with one attached hydrogen (secondary N) is 3. The van der Waals surface area contributed by atoms with Gasteiger partial charge in [0.05, 0.1) is 25.9 Å². The second-order valence-electron chi connectivity index (χ2n) is 22.5. The summed E-state index contributed by atoms with van der Waals surface area (Å²) in [5.41, 5.74) is 10.9. The van der Waals surface area contributed by atoms with Crippen LogP contribution in [0.1, 0.15) is 234 Å². The third kappa shape index (κ3) is 36.7. The largest absolute Gasteiger partial charge is 0.472 e. The molecule has 0 bridgehead atoms. The number of carbonyl (C=O) groups excluding carboxylic acids is 8. The maximum Gasteiger partial charge on any atom is 0.472 e. The molecule has 1 aliphatic heterocycles. The Bertz CT molecular complexity index is 1970. The predicted octanol–water partition coefficient (Wildman–Crippen LogP) is 5.84. The number of amides is 6. The zero-order chi connectivity index (χ0) is 63.6. The Hall–Kier alpha value is -4.17. The minimum Gasteiger partial charge on any atom is -0.462 e. The van der Waals surface area contributed by atoms with E-state index in [-0.39, 0.29) is 19.3 Å². The van der Waals surface area contributed by atoms with E-state index in [1.807, 2.05) is 0 Å². The van der Waals surface area contributed by atoms with Crippen molar-refractivity contribution in [2.45, 2.75) is 295 Å². The van der Waals surface area contributed by atoms with Crippen LogP contribution < -0.4 is 27.4 Å². The van der Waals surface area contributed by atoms with Crippen molar-refractivity contribution in [3.63, 3.8) is 0 Å². The molecule has 25 nitrogen and oxygen atoms in total. The van der Waals surface area contributed by atoms with E-state index < -0.39 is 156 Å². The number of rotatable bonds is 51. The SMILES string of the molecule is CCCCCCCCCCCCCCCC(=O)OCC(COP(=O)(O)OCCN(C(=O)C(C)OC1C(O)C(CO)OC(O)C1NC(C)=O)C(C)C(=O)NC(=O)C(CCC(N)=O)NC(=O)C(C)N)OC(=O)CCCCCCCCCCCCCCC. The molecule has 6 amide bonds. The molecule has 26 heteroatoms. The van der Waals surface area contributed by atoms with E-state index in [1.165, 1.54) is 117 Å².